The number of ether oxygens (including phenoxy) is 1. The van der Waals surface area contributed by atoms with Gasteiger partial charge in [0.25, 0.3) is 0 Å². The highest BCUT2D eigenvalue weighted by Gasteiger charge is 2.20. The monoisotopic (exact) mass is 222 g/mol. The molecule has 2 aromatic rings. The second kappa shape index (κ2) is 3.51. The van der Waals surface area contributed by atoms with Crippen LogP contribution in [0.1, 0.15) is 19.4 Å². The number of rotatable bonds is 2. The number of hydrogen-bond donors (Lipinski definition) is 1. The van der Waals surface area contributed by atoms with E-state index in [1.54, 1.807) is 32.3 Å². The molecule has 0 fully saturated rings. The van der Waals surface area contributed by atoms with Crippen LogP contribution in [0.25, 0.3) is 10.1 Å². The van der Waals surface area contributed by atoms with Gasteiger partial charge in [-0.25, -0.2) is 0 Å². The van der Waals surface area contributed by atoms with Crippen LogP contribution in [0.2, 0.25) is 0 Å². The molecule has 0 aliphatic carbocycles. The molecular weight excluding hydrogens is 208 g/mol. The standard InChI is InChI=1S/C12H14O2S/c1-12(2,13)9-4-5-10(14-3)11-8(9)6-7-15-11/h4-7,13H,1-3H3. The van der Waals surface area contributed by atoms with Gasteiger partial charge in [-0.15, -0.1) is 11.3 Å². The molecule has 0 amide bonds. The third kappa shape index (κ3) is 1.73. The fourth-order valence-electron chi connectivity index (χ4n) is 1.73. The topological polar surface area (TPSA) is 29.5 Å². The van der Waals surface area contributed by atoms with Crippen molar-refractivity contribution in [1.29, 1.82) is 0 Å². The Balaban J connectivity index is 2.74. The van der Waals surface area contributed by atoms with Gasteiger partial charge in [-0.05, 0) is 36.9 Å². The summed E-state index contributed by atoms with van der Waals surface area (Å²) < 4.78 is 6.38. The van der Waals surface area contributed by atoms with Crippen molar-refractivity contribution >= 4 is 21.4 Å². The van der Waals surface area contributed by atoms with Gasteiger partial charge in [0.1, 0.15) is 5.75 Å². The molecule has 0 unspecified atom stereocenters. The maximum Gasteiger partial charge on any atom is 0.136 e. The molecule has 2 rings (SSSR count). The van der Waals surface area contributed by atoms with Crippen LogP contribution in [0, 0.1) is 0 Å². The maximum atomic E-state index is 10.0. The van der Waals surface area contributed by atoms with Crippen molar-refractivity contribution in [3.8, 4) is 5.75 Å². The summed E-state index contributed by atoms with van der Waals surface area (Å²) in [7, 11) is 1.66. The number of methoxy groups -OCH3 is 1. The van der Waals surface area contributed by atoms with Gasteiger partial charge in [-0.2, -0.15) is 0 Å². The van der Waals surface area contributed by atoms with Crippen LogP contribution >= 0.6 is 11.3 Å². The van der Waals surface area contributed by atoms with Gasteiger partial charge in [0.05, 0.1) is 17.4 Å². The smallest absolute Gasteiger partial charge is 0.136 e. The molecule has 0 atom stereocenters. The molecule has 1 N–H and O–H groups in total. The third-order valence-corrected chi connectivity index (χ3v) is 3.39. The summed E-state index contributed by atoms with van der Waals surface area (Å²) in [6, 6.07) is 5.86. The molecule has 1 aromatic carbocycles. The lowest BCUT2D eigenvalue weighted by molar-refractivity contribution is 0.0802. The molecule has 0 radical (unpaired) electrons. The molecule has 80 valence electrons. The highest BCUT2D eigenvalue weighted by Crippen LogP contribution is 2.37. The van der Waals surface area contributed by atoms with Crippen molar-refractivity contribution in [2.75, 3.05) is 7.11 Å². The van der Waals surface area contributed by atoms with Gasteiger partial charge in [-0.1, -0.05) is 6.07 Å². The fraction of sp³-hybridized carbons (Fsp3) is 0.333. The second-order valence-electron chi connectivity index (χ2n) is 4.04. The summed E-state index contributed by atoms with van der Waals surface area (Å²) in [5.74, 6) is 0.869. The molecule has 1 aromatic heterocycles. The predicted octanol–water partition coefficient (Wildman–Crippen LogP) is 3.14. The number of thiophene rings is 1. The van der Waals surface area contributed by atoms with E-state index in [9.17, 15) is 5.11 Å². The Bertz CT molecular complexity index is 480. The first-order valence-electron chi connectivity index (χ1n) is 4.81. The van der Waals surface area contributed by atoms with Gasteiger partial charge in [0.2, 0.25) is 0 Å². The van der Waals surface area contributed by atoms with Crippen LogP contribution in [-0.2, 0) is 5.60 Å². The summed E-state index contributed by atoms with van der Waals surface area (Å²) in [4.78, 5) is 0. The zero-order valence-corrected chi connectivity index (χ0v) is 9.89. The van der Waals surface area contributed by atoms with Crippen LogP contribution < -0.4 is 4.74 Å². The van der Waals surface area contributed by atoms with E-state index in [0.29, 0.717) is 0 Å². The Morgan fingerprint density at radius 3 is 2.60 bits per heavy atom. The van der Waals surface area contributed by atoms with Crippen LogP contribution in [0.5, 0.6) is 5.75 Å². The van der Waals surface area contributed by atoms with E-state index in [2.05, 4.69) is 0 Å². The Kier molecular flexibility index (Phi) is 2.44. The summed E-state index contributed by atoms with van der Waals surface area (Å²) >= 11 is 1.63. The fourth-order valence-corrected chi connectivity index (χ4v) is 2.64. The van der Waals surface area contributed by atoms with E-state index in [0.717, 1.165) is 21.4 Å². The lowest BCUT2D eigenvalue weighted by atomic mass is 9.95. The Labute approximate surface area is 93.1 Å². The number of hydrogen-bond acceptors (Lipinski definition) is 3. The van der Waals surface area contributed by atoms with Gasteiger partial charge in [0.15, 0.2) is 0 Å². The molecular formula is C12H14O2S. The zero-order chi connectivity index (χ0) is 11.1. The highest BCUT2D eigenvalue weighted by atomic mass is 32.1. The molecule has 0 aliphatic rings. The van der Waals surface area contributed by atoms with Crippen molar-refractivity contribution in [1.82, 2.24) is 0 Å². The Morgan fingerprint density at radius 1 is 1.27 bits per heavy atom. The minimum Gasteiger partial charge on any atom is -0.495 e. The number of benzene rings is 1. The average Bonchev–Trinajstić information content (AvgIpc) is 2.62. The summed E-state index contributed by atoms with van der Waals surface area (Å²) in [5, 5.41) is 13.1. The normalized spacial score (nSPS) is 12.0. The lowest BCUT2D eigenvalue weighted by Gasteiger charge is -2.19. The largest absolute Gasteiger partial charge is 0.495 e. The van der Waals surface area contributed by atoms with E-state index in [1.807, 2.05) is 23.6 Å². The molecule has 0 saturated carbocycles. The highest BCUT2D eigenvalue weighted by molar-refractivity contribution is 7.17. The second-order valence-corrected chi connectivity index (χ2v) is 4.95. The first-order valence-corrected chi connectivity index (χ1v) is 5.69. The van der Waals surface area contributed by atoms with Crippen LogP contribution in [0.4, 0.5) is 0 Å². The van der Waals surface area contributed by atoms with Crippen LogP contribution in [0.3, 0.4) is 0 Å². The van der Waals surface area contributed by atoms with Gasteiger partial charge in [0, 0.05) is 5.39 Å². The predicted molar refractivity (Wildman–Crippen MR) is 63.6 cm³/mol. The number of fused-ring (bicyclic) bond motifs is 1. The molecule has 0 aliphatic heterocycles. The minimum absolute atomic E-state index is 0.814. The van der Waals surface area contributed by atoms with Crippen LogP contribution in [-0.4, -0.2) is 12.2 Å². The van der Waals surface area contributed by atoms with Gasteiger partial charge < -0.3 is 9.84 Å². The first-order chi connectivity index (χ1) is 7.04. The SMILES string of the molecule is COc1ccc(C(C)(C)O)c2ccsc12. The van der Waals surface area contributed by atoms with Crippen molar-refractivity contribution in [2.24, 2.45) is 0 Å². The van der Waals surface area contributed by atoms with Crippen molar-refractivity contribution in [3.63, 3.8) is 0 Å². The van der Waals surface area contributed by atoms with Gasteiger partial charge in [-0.3, -0.25) is 0 Å². The summed E-state index contributed by atoms with van der Waals surface area (Å²) in [5.41, 5.74) is 0.130. The van der Waals surface area contributed by atoms with Crippen LogP contribution in [0.15, 0.2) is 23.6 Å². The molecule has 0 saturated heterocycles. The lowest BCUT2D eigenvalue weighted by Crippen LogP contribution is -2.15. The summed E-state index contributed by atoms with van der Waals surface area (Å²) in [6.07, 6.45) is 0. The molecule has 3 heteroatoms. The Hall–Kier alpha value is -1.06. The Morgan fingerprint density at radius 2 is 2.00 bits per heavy atom. The molecule has 1 heterocycles. The maximum absolute atomic E-state index is 10.0. The van der Waals surface area contributed by atoms with Crippen molar-refractivity contribution < 1.29 is 9.84 Å². The third-order valence-electron chi connectivity index (χ3n) is 2.46. The quantitative estimate of drug-likeness (QED) is 0.846. The minimum atomic E-state index is -0.814. The first kappa shape index (κ1) is 10.5. The van der Waals surface area contributed by atoms with E-state index in [4.69, 9.17) is 4.74 Å². The van der Waals surface area contributed by atoms with Crippen molar-refractivity contribution in [3.05, 3.63) is 29.1 Å². The van der Waals surface area contributed by atoms with E-state index < -0.39 is 5.60 Å². The molecule has 0 bridgehead atoms. The van der Waals surface area contributed by atoms with Gasteiger partial charge >= 0.3 is 0 Å². The van der Waals surface area contributed by atoms with E-state index in [-0.39, 0.29) is 0 Å². The average molecular weight is 222 g/mol. The molecule has 2 nitrogen and oxygen atoms in total. The molecule has 0 spiro atoms. The van der Waals surface area contributed by atoms with E-state index >= 15 is 0 Å². The molecule has 15 heavy (non-hydrogen) atoms. The summed E-state index contributed by atoms with van der Waals surface area (Å²) in [6.45, 7) is 3.60. The zero-order valence-electron chi connectivity index (χ0n) is 9.07. The van der Waals surface area contributed by atoms with E-state index in [1.165, 1.54) is 0 Å². The van der Waals surface area contributed by atoms with Crippen molar-refractivity contribution in [2.45, 2.75) is 19.4 Å². The number of aliphatic hydroxyl groups is 1.